The lowest BCUT2D eigenvalue weighted by atomic mass is 9.93. The van der Waals surface area contributed by atoms with E-state index in [1.54, 1.807) is 19.4 Å². The minimum absolute atomic E-state index is 0.0734. The second-order valence-corrected chi connectivity index (χ2v) is 6.94. The van der Waals surface area contributed by atoms with Crippen LogP contribution in [0.1, 0.15) is 12.8 Å². The van der Waals surface area contributed by atoms with Crippen LogP contribution in [0.25, 0.3) is 11.1 Å². The van der Waals surface area contributed by atoms with Crippen molar-refractivity contribution >= 4 is 23.4 Å². The highest BCUT2D eigenvalue weighted by atomic mass is 35.5. The Hall–Kier alpha value is -2.54. The maximum Gasteiger partial charge on any atom is 0.407 e. The molecule has 3 rings (SSSR count). The molecule has 144 valence electrons. The van der Waals surface area contributed by atoms with Crippen LogP contribution in [0.4, 0.5) is 14.9 Å². The third kappa shape index (κ3) is 4.60. The third-order valence-corrected chi connectivity index (χ3v) is 5.00. The summed E-state index contributed by atoms with van der Waals surface area (Å²) in [6.07, 6.45) is 0.948. The van der Waals surface area contributed by atoms with Gasteiger partial charge >= 0.3 is 6.09 Å². The van der Waals surface area contributed by atoms with E-state index in [2.05, 4.69) is 10.3 Å². The number of anilines is 1. The van der Waals surface area contributed by atoms with E-state index in [0.717, 1.165) is 16.9 Å². The first kappa shape index (κ1) is 19.2. The highest BCUT2D eigenvalue weighted by Gasteiger charge is 2.36. The van der Waals surface area contributed by atoms with Crippen LogP contribution in [0.5, 0.6) is 5.75 Å². The van der Waals surface area contributed by atoms with Gasteiger partial charge in [-0.1, -0.05) is 23.7 Å². The largest absolute Gasteiger partial charge is 0.497 e. The van der Waals surface area contributed by atoms with Gasteiger partial charge in [-0.05, 0) is 23.8 Å². The van der Waals surface area contributed by atoms with E-state index in [4.69, 9.17) is 21.4 Å². The lowest BCUT2D eigenvalue weighted by Crippen LogP contribution is -2.47. The van der Waals surface area contributed by atoms with Crippen molar-refractivity contribution in [2.24, 2.45) is 0 Å². The first-order valence-electron chi connectivity index (χ1n) is 8.61. The highest BCUT2D eigenvalue weighted by Crippen LogP contribution is 2.33. The number of carbonyl (C=O) groups is 1. The maximum atomic E-state index is 15.1. The normalized spacial score (nSPS) is 16.0. The number of amides is 1. The lowest BCUT2D eigenvalue weighted by molar-refractivity contribution is 0.0659. The van der Waals surface area contributed by atoms with Crippen molar-refractivity contribution in [1.82, 2.24) is 9.88 Å². The molecule has 8 heteroatoms. The van der Waals surface area contributed by atoms with Crippen LogP contribution >= 0.6 is 11.6 Å². The number of carboxylic acid groups (broad SMARTS) is 1. The molecule has 1 aliphatic rings. The molecular weight excluding hydrogens is 373 g/mol. The average molecular weight is 394 g/mol. The number of halogens is 2. The summed E-state index contributed by atoms with van der Waals surface area (Å²) in [5, 5.41) is 12.5. The van der Waals surface area contributed by atoms with Crippen molar-refractivity contribution < 1.29 is 19.0 Å². The molecule has 0 unspecified atom stereocenters. The summed E-state index contributed by atoms with van der Waals surface area (Å²) in [7, 11) is 1.60. The smallest absolute Gasteiger partial charge is 0.407 e. The van der Waals surface area contributed by atoms with E-state index in [1.807, 2.05) is 24.3 Å². The number of nitrogens with zero attached hydrogens (tertiary/aromatic N) is 2. The summed E-state index contributed by atoms with van der Waals surface area (Å²) >= 11 is 6.03. The van der Waals surface area contributed by atoms with Gasteiger partial charge in [-0.2, -0.15) is 0 Å². The molecule has 1 saturated heterocycles. The summed E-state index contributed by atoms with van der Waals surface area (Å²) in [5.74, 6) is 0.739. The number of rotatable bonds is 5. The molecule has 1 fully saturated rings. The molecule has 2 heterocycles. The van der Waals surface area contributed by atoms with Crippen molar-refractivity contribution in [3.05, 3.63) is 41.7 Å². The Labute approximate surface area is 161 Å². The number of nitrogens with one attached hydrogen (secondary N) is 1. The molecule has 0 atom stereocenters. The van der Waals surface area contributed by atoms with E-state index in [0.29, 0.717) is 10.8 Å². The van der Waals surface area contributed by atoms with Gasteiger partial charge in [0.1, 0.15) is 16.6 Å². The Kier molecular flexibility index (Phi) is 5.70. The number of aromatic nitrogens is 1. The van der Waals surface area contributed by atoms with Crippen LogP contribution in [0.3, 0.4) is 0 Å². The van der Waals surface area contributed by atoms with Crippen LogP contribution in [-0.2, 0) is 0 Å². The molecule has 0 spiro atoms. The molecular formula is C19H21ClFN3O3. The van der Waals surface area contributed by atoms with Gasteiger partial charge in [0.2, 0.25) is 0 Å². The predicted octanol–water partition coefficient (Wildman–Crippen LogP) is 4.30. The fourth-order valence-corrected chi connectivity index (χ4v) is 3.26. The fraction of sp³-hybridized carbons (Fsp3) is 0.368. The standard InChI is InChI=1S/C19H21ClFN3O3/c1-27-14-4-2-13(3-5-14)15-11-22-17(20)10-16(15)23-12-19(21)6-8-24(9-7-19)18(25)26/h2-5,10-11H,6-9,12H2,1H3,(H,22,23)(H,25,26). The second kappa shape index (κ2) is 8.00. The van der Waals surface area contributed by atoms with Gasteiger partial charge < -0.3 is 20.1 Å². The Balaban J connectivity index is 1.74. The van der Waals surface area contributed by atoms with Crippen molar-refractivity contribution in [2.75, 3.05) is 32.1 Å². The van der Waals surface area contributed by atoms with E-state index in [9.17, 15) is 4.79 Å². The van der Waals surface area contributed by atoms with Crippen LogP contribution in [0.2, 0.25) is 5.15 Å². The Morgan fingerprint density at radius 2 is 2.04 bits per heavy atom. The summed E-state index contributed by atoms with van der Waals surface area (Å²) in [6, 6.07) is 9.13. The first-order chi connectivity index (χ1) is 12.9. The van der Waals surface area contributed by atoms with E-state index >= 15 is 4.39 Å². The molecule has 1 aromatic carbocycles. The number of ether oxygens (including phenoxy) is 1. The van der Waals surface area contributed by atoms with Gasteiger partial charge in [-0.25, -0.2) is 14.2 Å². The van der Waals surface area contributed by atoms with Crippen molar-refractivity contribution in [3.63, 3.8) is 0 Å². The minimum Gasteiger partial charge on any atom is -0.497 e. The number of piperidine rings is 1. The number of pyridine rings is 1. The quantitative estimate of drug-likeness (QED) is 0.740. The first-order valence-corrected chi connectivity index (χ1v) is 8.99. The topological polar surface area (TPSA) is 74.7 Å². The SMILES string of the molecule is COc1ccc(-c2cnc(Cl)cc2NCC2(F)CCN(C(=O)O)CC2)cc1. The van der Waals surface area contributed by atoms with E-state index in [1.165, 1.54) is 4.90 Å². The molecule has 1 amide bonds. The molecule has 6 nitrogen and oxygen atoms in total. The number of likely N-dealkylation sites (tertiary alicyclic amines) is 1. The number of hydrogen-bond acceptors (Lipinski definition) is 4. The average Bonchev–Trinajstić information content (AvgIpc) is 2.67. The zero-order chi connectivity index (χ0) is 19.4. The van der Waals surface area contributed by atoms with Crippen molar-refractivity contribution in [3.8, 4) is 16.9 Å². The van der Waals surface area contributed by atoms with Crippen LogP contribution < -0.4 is 10.1 Å². The summed E-state index contributed by atoms with van der Waals surface area (Å²) in [6.45, 7) is 0.454. The maximum absolute atomic E-state index is 15.1. The van der Waals surface area contributed by atoms with Crippen LogP contribution in [-0.4, -0.2) is 53.5 Å². The van der Waals surface area contributed by atoms with Crippen LogP contribution in [0, 0.1) is 0 Å². The molecule has 1 aliphatic heterocycles. The zero-order valence-electron chi connectivity index (χ0n) is 14.9. The Morgan fingerprint density at radius 3 is 2.63 bits per heavy atom. The molecule has 2 N–H and O–H groups in total. The summed E-state index contributed by atoms with van der Waals surface area (Å²) < 4.78 is 20.3. The molecule has 1 aromatic heterocycles. The minimum atomic E-state index is -1.47. The van der Waals surface area contributed by atoms with Crippen molar-refractivity contribution in [2.45, 2.75) is 18.5 Å². The second-order valence-electron chi connectivity index (χ2n) is 6.56. The summed E-state index contributed by atoms with van der Waals surface area (Å²) in [4.78, 5) is 16.4. The fourth-order valence-electron chi connectivity index (χ4n) is 3.11. The number of benzene rings is 1. The van der Waals surface area contributed by atoms with Gasteiger partial charge in [0.25, 0.3) is 0 Å². The third-order valence-electron chi connectivity index (χ3n) is 4.80. The Bertz CT molecular complexity index is 808. The van der Waals surface area contributed by atoms with Gasteiger partial charge in [0.15, 0.2) is 0 Å². The lowest BCUT2D eigenvalue weighted by Gasteiger charge is -2.35. The molecule has 0 radical (unpaired) electrons. The van der Waals surface area contributed by atoms with Crippen molar-refractivity contribution in [1.29, 1.82) is 0 Å². The van der Waals surface area contributed by atoms with E-state index in [-0.39, 0.29) is 32.5 Å². The molecule has 0 aliphatic carbocycles. The molecule has 2 aromatic rings. The zero-order valence-corrected chi connectivity index (χ0v) is 15.7. The van der Waals surface area contributed by atoms with E-state index < -0.39 is 11.8 Å². The monoisotopic (exact) mass is 393 g/mol. The Morgan fingerprint density at radius 1 is 1.37 bits per heavy atom. The molecule has 0 bridgehead atoms. The van der Waals surface area contributed by atoms with Gasteiger partial charge in [-0.3, -0.25) is 0 Å². The van der Waals surface area contributed by atoms with Gasteiger partial charge in [0, 0.05) is 49.9 Å². The van der Waals surface area contributed by atoms with Gasteiger partial charge in [-0.15, -0.1) is 0 Å². The molecule has 0 saturated carbocycles. The number of hydrogen-bond donors (Lipinski definition) is 2. The van der Waals surface area contributed by atoms with Crippen LogP contribution in [0.15, 0.2) is 36.5 Å². The summed E-state index contributed by atoms with van der Waals surface area (Å²) in [5.41, 5.74) is 0.904. The number of methoxy groups -OCH3 is 1. The highest BCUT2D eigenvalue weighted by molar-refractivity contribution is 6.29. The predicted molar refractivity (Wildman–Crippen MR) is 102 cm³/mol. The van der Waals surface area contributed by atoms with Gasteiger partial charge in [0.05, 0.1) is 7.11 Å². The number of alkyl halides is 1. The molecule has 27 heavy (non-hydrogen) atoms.